The Morgan fingerprint density at radius 1 is 1.44 bits per heavy atom. The molecule has 0 saturated heterocycles. The number of carboxylic acid groups (broad SMARTS) is 1. The highest BCUT2D eigenvalue weighted by molar-refractivity contribution is 5.87. The first-order valence-electron chi connectivity index (χ1n) is 6.70. The van der Waals surface area contributed by atoms with Gasteiger partial charge >= 0.3 is 5.97 Å². The van der Waals surface area contributed by atoms with Crippen molar-refractivity contribution in [3.8, 4) is 0 Å². The van der Waals surface area contributed by atoms with Crippen molar-refractivity contribution in [2.24, 2.45) is 5.41 Å². The highest BCUT2D eigenvalue weighted by Gasteiger charge is 2.40. The first-order chi connectivity index (χ1) is 8.55. The number of rotatable bonds is 7. The van der Waals surface area contributed by atoms with Gasteiger partial charge in [0.15, 0.2) is 0 Å². The highest BCUT2D eigenvalue weighted by atomic mass is 16.4. The lowest BCUT2D eigenvalue weighted by molar-refractivity contribution is -0.144. The maximum atomic E-state index is 12.3. The van der Waals surface area contributed by atoms with Crippen LogP contribution in [0.3, 0.4) is 0 Å². The molecule has 0 radical (unpaired) electrons. The Bertz CT molecular complexity index is 319. The molecule has 1 aliphatic carbocycles. The van der Waals surface area contributed by atoms with E-state index < -0.39 is 12.0 Å². The van der Waals surface area contributed by atoms with Gasteiger partial charge in [-0.05, 0) is 32.1 Å². The molecule has 102 valence electrons. The van der Waals surface area contributed by atoms with Crippen molar-refractivity contribution >= 4 is 11.9 Å². The van der Waals surface area contributed by atoms with Crippen molar-refractivity contribution in [3.05, 3.63) is 12.7 Å². The number of aliphatic carboxylic acids is 1. The molecule has 0 heterocycles. The molecule has 4 nitrogen and oxygen atoms in total. The third kappa shape index (κ3) is 3.34. The van der Waals surface area contributed by atoms with Crippen LogP contribution in [-0.4, -0.2) is 23.0 Å². The molecular formula is C14H23NO3. The van der Waals surface area contributed by atoms with Crippen molar-refractivity contribution in [2.45, 2.75) is 57.9 Å². The first-order valence-corrected chi connectivity index (χ1v) is 6.70. The molecule has 0 aromatic carbocycles. The summed E-state index contributed by atoms with van der Waals surface area (Å²) in [6.07, 6.45) is 7.34. The van der Waals surface area contributed by atoms with Gasteiger partial charge in [0.25, 0.3) is 0 Å². The molecule has 0 aromatic heterocycles. The molecule has 1 amide bonds. The van der Waals surface area contributed by atoms with Crippen LogP contribution in [0.4, 0.5) is 0 Å². The second-order valence-corrected chi connectivity index (χ2v) is 5.07. The largest absolute Gasteiger partial charge is 0.480 e. The number of nitrogens with one attached hydrogen (secondary N) is 1. The van der Waals surface area contributed by atoms with Crippen LogP contribution in [0.15, 0.2) is 12.7 Å². The summed E-state index contributed by atoms with van der Waals surface area (Å²) in [5, 5.41) is 11.8. The summed E-state index contributed by atoms with van der Waals surface area (Å²) in [6, 6.07) is -0.792. The Morgan fingerprint density at radius 3 is 2.50 bits per heavy atom. The van der Waals surface area contributed by atoms with E-state index in [2.05, 4.69) is 11.9 Å². The number of hydrogen-bond donors (Lipinski definition) is 2. The lowest BCUT2D eigenvalue weighted by atomic mass is 9.82. The van der Waals surface area contributed by atoms with E-state index in [0.717, 1.165) is 32.1 Å². The number of hydrogen-bond acceptors (Lipinski definition) is 2. The van der Waals surface area contributed by atoms with Gasteiger partial charge in [-0.2, -0.15) is 0 Å². The summed E-state index contributed by atoms with van der Waals surface area (Å²) >= 11 is 0. The van der Waals surface area contributed by atoms with Gasteiger partial charge < -0.3 is 10.4 Å². The third-order valence-corrected chi connectivity index (χ3v) is 3.98. The zero-order valence-electron chi connectivity index (χ0n) is 11.1. The van der Waals surface area contributed by atoms with E-state index in [1.807, 2.05) is 6.92 Å². The van der Waals surface area contributed by atoms with E-state index in [0.29, 0.717) is 12.8 Å². The summed E-state index contributed by atoms with van der Waals surface area (Å²) in [7, 11) is 0. The van der Waals surface area contributed by atoms with Gasteiger partial charge in [-0.25, -0.2) is 4.79 Å². The van der Waals surface area contributed by atoms with E-state index in [9.17, 15) is 9.59 Å². The van der Waals surface area contributed by atoms with Gasteiger partial charge in [0.1, 0.15) is 6.04 Å². The fraction of sp³-hybridized carbons (Fsp3) is 0.714. The van der Waals surface area contributed by atoms with Crippen LogP contribution in [-0.2, 0) is 9.59 Å². The second-order valence-electron chi connectivity index (χ2n) is 5.07. The minimum Gasteiger partial charge on any atom is -0.480 e. The molecule has 1 aliphatic rings. The van der Waals surface area contributed by atoms with E-state index >= 15 is 0 Å². The zero-order valence-corrected chi connectivity index (χ0v) is 11.1. The van der Waals surface area contributed by atoms with E-state index in [1.54, 1.807) is 6.08 Å². The van der Waals surface area contributed by atoms with Crippen molar-refractivity contribution in [2.75, 3.05) is 0 Å². The monoisotopic (exact) mass is 253 g/mol. The van der Waals surface area contributed by atoms with Crippen LogP contribution in [0.25, 0.3) is 0 Å². The predicted molar refractivity (Wildman–Crippen MR) is 70.2 cm³/mol. The summed E-state index contributed by atoms with van der Waals surface area (Å²) < 4.78 is 0. The van der Waals surface area contributed by atoms with Gasteiger partial charge in [-0.15, -0.1) is 6.58 Å². The standard InChI is InChI=1S/C14H23NO3/c1-3-5-8-11(12(16)17)15-13(18)14(4-2)9-6-7-10-14/h3,11H,1,4-10H2,2H3,(H,15,18)(H,16,17). The highest BCUT2D eigenvalue weighted by Crippen LogP contribution is 2.41. The van der Waals surface area contributed by atoms with Gasteiger partial charge in [-0.1, -0.05) is 25.8 Å². The van der Waals surface area contributed by atoms with Crippen LogP contribution in [0, 0.1) is 5.41 Å². The molecule has 2 N–H and O–H groups in total. The zero-order chi connectivity index (χ0) is 13.6. The van der Waals surface area contributed by atoms with Crippen molar-refractivity contribution in [1.82, 2.24) is 5.32 Å². The average molecular weight is 253 g/mol. The van der Waals surface area contributed by atoms with Crippen molar-refractivity contribution in [1.29, 1.82) is 0 Å². The Morgan fingerprint density at radius 2 is 2.06 bits per heavy atom. The summed E-state index contributed by atoms with van der Waals surface area (Å²) in [4.78, 5) is 23.4. The first kappa shape index (κ1) is 14.7. The predicted octanol–water partition coefficient (Wildman–Crippen LogP) is 2.49. The van der Waals surface area contributed by atoms with Crippen molar-refractivity contribution < 1.29 is 14.7 Å². The minimum absolute atomic E-state index is 0.0843. The molecule has 1 rings (SSSR count). The topological polar surface area (TPSA) is 66.4 Å². The lowest BCUT2D eigenvalue weighted by Crippen LogP contribution is -2.47. The molecule has 1 saturated carbocycles. The molecular weight excluding hydrogens is 230 g/mol. The third-order valence-electron chi connectivity index (χ3n) is 3.98. The smallest absolute Gasteiger partial charge is 0.326 e. The quantitative estimate of drug-likeness (QED) is 0.685. The van der Waals surface area contributed by atoms with Crippen molar-refractivity contribution in [3.63, 3.8) is 0 Å². The Kier molecular flexibility index (Phi) is 5.38. The van der Waals surface area contributed by atoms with E-state index in [-0.39, 0.29) is 11.3 Å². The van der Waals surface area contributed by atoms with Gasteiger partial charge in [-0.3, -0.25) is 4.79 Å². The molecule has 18 heavy (non-hydrogen) atoms. The van der Waals surface area contributed by atoms with E-state index in [4.69, 9.17) is 5.11 Å². The number of amides is 1. The molecule has 4 heteroatoms. The lowest BCUT2D eigenvalue weighted by Gasteiger charge is -2.28. The number of allylic oxidation sites excluding steroid dienone is 1. The van der Waals surface area contributed by atoms with E-state index in [1.165, 1.54) is 0 Å². The molecule has 1 atom stereocenters. The molecule has 0 aromatic rings. The molecule has 1 fully saturated rings. The maximum absolute atomic E-state index is 12.3. The van der Waals surface area contributed by atoms with Gasteiger partial charge in [0.2, 0.25) is 5.91 Å². The fourth-order valence-corrected chi connectivity index (χ4v) is 2.65. The SMILES string of the molecule is C=CCCC(NC(=O)C1(CC)CCCC1)C(=O)O. The van der Waals surface area contributed by atoms with Crippen LogP contribution >= 0.6 is 0 Å². The Labute approximate surface area is 108 Å². The Balaban J connectivity index is 2.64. The molecule has 0 aliphatic heterocycles. The van der Waals surface area contributed by atoms with Crippen LogP contribution in [0.2, 0.25) is 0 Å². The number of carbonyl (C=O) groups is 2. The fourth-order valence-electron chi connectivity index (χ4n) is 2.65. The number of carbonyl (C=O) groups excluding carboxylic acids is 1. The summed E-state index contributed by atoms with van der Waals surface area (Å²) in [5.74, 6) is -1.05. The second kappa shape index (κ2) is 6.57. The average Bonchev–Trinajstić information content (AvgIpc) is 2.83. The molecule has 0 bridgehead atoms. The van der Waals surface area contributed by atoms with Gasteiger partial charge in [0.05, 0.1) is 0 Å². The Hall–Kier alpha value is -1.32. The van der Waals surface area contributed by atoms with Gasteiger partial charge in [0, 0.05) is 5.41 Å². The molecule has 0 spiro atoms. The summed E-state index contributed by atoms with van der Waals surface area (Å²) in [6.45, 7) is 5.58. The maximum Gasteiger partial charge on any atom is 0.326 e. The minimum atomic E-state index is -0.963. The van der Waals surface area contributed by atoms with Crippen LogP contribution < -0.4 is 5.32 Å². The molecule has 1 unspecified atom stereocenters. The number of carboxylic acids is 1. The van der Waals surface area contributed by atoms with Crippen LogP contribution in [0.5, 0.6) is 0 Å². The van der Waals surface area contributed by atoms with Crippen LogP contribution in [0.1, 0.15) is 51.9 Å². The normalized spacial score (nSPS) is 19.2. The summed E-state index contributed by atoms with van der Waals surface area (Å²) in [5.41, 5.74) is -0.331.